The van der Waals surface area contributed by atoms with Gasteiger partial charge < -0.3 is 9.80 Å². The highest BCUT2D eigenvalue weighted by molar-refractivity contribution is 7.00. The molecule has 5 aromatic carbocycles. The molecule has 0 amide bonds. The van der Waals surface area contributed by atoms with E-state index in [9.17, 15) is 0 Å². The average Bonchev–Trinajstić information content (AvgIpc) is 3.54. The van der Waals surface area contributed by atoms with E-state index in [1.54, 1.807) is 0 Å². The lowest BCUT2D eigenvalue weighted by Gasteiger charge is -2.46. The fourth-order valence-corrected chi connectivity index (χ4v) is 13.9. The van der Waals surface area contributed by atoms with Crippen LogP contribution < -0.4 is 26.2 Å². The number of anilines is 6. The van der Waals surface area contributed by atoms with Gasteiger partial charge in [-0.3, -0.25) is 0 Å². The summed E-state index contributed by atoms with van der Waals surface area (Å²) in [6.07, 6.45) is 3.22. The highest BCUT2D eigenvalue weighted by atomic mass is 15.2. The summed E-state index contributed by atoms with van der Waals surface area (Å²) < 4.78 is 27.3. The Morgan fingerprint density at radius 1 is 0.483 bits per heavy atom. The van der Waals surface area contributed by atoms with Crippen LogP contribution in [0.25, 0.3) is 0 Å². The van der Waals surface area contributed by atoms with Gasteiger partial charge in [0.25, 0.3) is 6.71 Å². The molecule has 0 saturated heterocycles. The Morgan fingerprint density at radius 3 is 1.53 bits per heavy atom. The third-order valence-corrected chi connectivity index (χ3v) is 15.9. The van der Waals surface area contributed by atoms with Crippen LogP contribution in [0.3, 0.4) is 0 Å². The van der Waals surface area contributed by atoms with Crippen molar-refractivity contribution in [3.05, 3.63) is 123 Å². The van der Waals surface area contributed by atoms with E-state index in [4.69, 9.17) is 4.11 Å². The van der Waals surface area contributed by atoms with Crippen molar-refractivity contribution in [2.24, 2.45) is 0 Å². The normalized spacial score (nSPS) is 22.2. The molecule has 2 nitrogen and oxygen atoms in total. The lowest BCUT2D eigenvalue weighted by Crippen LogP contribution is -2.61. The number of rotatable bonds is 2. The van der Waals surface area contributed by atoms with E-state index in [2.05, 4.69) is 181 Å². The molecule has 310 valence electrons. The zero-order chi connectivity index (χ0) is 45.7. The van der Waals surface area contributed by atoms with Crippen LogP contribution in [0.5, 0.6) is 0 Å². The van der Waals surface area contributed by atoms with Crippen LogP contribution in [0.4, 0.5) is 34.1 Å². The van der Waals surface area contributed by atoms with Gasteiger partial charge in [0.05, 0.1) is 0 Å². The number of benzene rings is 5. The average molecular weight is 796 g/mol. The molecular formula is C57H69BN2. The zero-order valence-corrected chi connectivity index (χ0v) is 39.5. The Labute approximate surface area is 367 Å². The van der Waals surface area contributed by atoms with Crippen molar-refractivity contribution >= 4 is 57.2 Å². The van der Waals surface area contributed by atoms with Gasteiger partial charge in [-0.05, 0) is 180 Å². The molecule has 3 heteroatoms. The summed E-state index contributed by atoms with van der Waals surface area (Å²) in [6, 6.07) is 28.4. The monoisotopic (exact) mass is 796 g/mol. The van der Waals surface area contributed by atoms with Gasteiger partial charge in [0, 0.05) is 38.2 Å². The molecule has 60 heavy (non-hydrogen) atoms. The molecule has 0 N–H and O–H groups in total. The molecule has 0 spiro atoms. The smallest absolute Gasteiger partial charge is 0.252 e. The molecular weight excluding hydrogens is 723 g/mol. The Bertz CT molecular complexity index is 2830. The minimum absolute atomic E-state index is 0.00334. The van der Waals surface area contributed by atoms with E-state index in [0.717, 1.165) is 47.7 Å². The summed E-state index contributed by atoms with van der Waals surface area (Å²) >= 11 is 0. The third kappa shape index (κ3) is 5.45. The van der Waals surface area contributed by atoms with Crippen LogP contribution in [0.2, 0.25) is 0 Å². The van der Waals surface area contributed by atoms with Gasteiger partial charge in [0.15, 0.2) is 0 Å². The van der Waals surface area contributed by atoms with Crippen molar-refractivity contribution < 1.29 is 4.11 Å². The fraction of sp³-hybridized carbons (Fsp3) is 0.474. The molecule has 0 unspecified atom stereocenters. The van der Waals surface area contributed by atoms with Gasteiger partial charge in [-0.25, -0.2) is 0 Å². The molecule has 3 aliphatic carbocycles. The minimum atomic E-state index is -2.33. The summed E-state index contributed by atoms with van der Waals surface area (Å²) in [6.45, 7) is 35.5. The molecule has 0 saturated carbocycles. The maximum absolute atomic E-state index is 9.10. The predicted molar refractivity (Wildman–Crippen MR) is 261 cm³/mol. The SMILES string of the molecule is [2H]C([2H])([2H])c1cc2c3c(c1)N(c1cc4c(cc1C)C(C)(C)CC4(C)C)c1cc4c(cc1B3c1ccc(C(C)(C)C)cc1N2c1ccc2c(c1)C(C)(C)CC2(C)C)C(C)(C)CC4(C)C. The van der Waals surface area contributed by atoms with Gasteiger partial charge in [0.2, 0.25) is 0 Å². The second-order valence-electron chi connectivity index (χ2n) is 24.8. The van der Waals surface area contributed by atoms with Crippen LogP contribution in [-0.4, -0.2) is 6.71 Å². The van der Waals surface area contributed by atoms with Crippen molar-refractivity contribution in [1.82, 2.24) is 0 Å². The largest absolute Gasteiger partial charge is 0.311 e. The summed E-state index contributed by atoms with van der Waals surface area (Å²) in [5.41, 5.74) is 21.5. The van der Waals surface area contributed by atoms with Crippen molar-refractivity contribution in [2.75, 3.05) is 9.80 Å². The van der Waals surface area contributed by atoms with E-state index in [0.29, 0.717) is 5.56 Å². The van der Waals surface area contributed by atoms with E-state index in [1.807, 2.05) is 12.1 Å². The summed E-state index contributed by atoms with van der Waals surface area (Å²) in [5.74, 6) is 0. The van der Waals surface area contributed by atoms with Gasteiger partial charge in [0.1, 0.15) is 0 Å². The standard InChI is InChI=1S/C57H69BN2/c1-33-22-48-50-49(23-33)60(45-28-41-38(24-34(45)2)53(8,9)31-56(41,14)15)47-29-42-40(55(12,13)32-57(42,16)17)27-44(47)58(50)43-21-18-35(51(3,4)5)25-46(43)59(48)36-19-20-37-39(26-36)54(10,11)30-52(37,6)7/h18-29H,30-32H2,1-17H3/i1D3. The van der Waals surface area contributed by atoms with E-state index in [1.165, 1.54) is 66.6 Å². The Hall–Kier alpha value is -4.24. The number of hydrogen-bond donors (Lipinski definition) is 0. The first-order valence-corrected chi connectivity index (χ1v) is 22.8. The van der Waals surface area contributed by atoms with Crippen molar-refractivity contribution in [3.8, 4) is 0 Å². The van der Waals surface area contributed by atoms with E-state index >= 15 is 0 Å². The summed E-state index contributed by atoms with van der Waals surface area (Å²) in [7, 11) is 0. The highest BCUT2D eigenvalue weighted by Crippen LogP contribution is 2.56. The van der Waals surface area contributed by atoms with Crippen molar-refractivity contribution in [3.63, 3.8) is 0 Å². The Kier molecular flexibility index (Phi) is 7.17. The molecule has 0 bridgehead atoms. The van der Waals surface area contributed by atoms with Crippen LogP contribution in [0.15, 0.2) is 72.8 Å². The molecule has 2 aliphatic heterocycles. The van der Waals surface area contributed by atoms with Crippen LogP contribution >= 0.6 is 0 Å². The van der Waals surface area contributed by atoms with Gasteiger partial charge >= 0.3 is 0 Å². The van der Waals surface area contributed by atoms with Gasteiger partial charge in [-0.15, -0.1) is 0 Å². The second kappa shape index (κ2) is 11.8. The first-order valence-electron chi connectivity index (χ1n) is 24.3. The van der Waals surface area contributed by atoms with Crippen molar-refractivity contribution in [2.45, 2.75) is 175 Å². The molecule has 10 rings (SSSR count). The fourth-order valence-electron chi connectivity index (χ4n) is 13.9. The predicted octanol–water partition coefficient (Wildman–Crippen LogP) is 13.6. The van der Waals surface area contributed by atoms with Crippen LogP contribution in [-0.2, 0) is 37.9 Å². The lowest BCUT2D eigenvalue weighted by atomic mass is 9.33. The second-order valence-corrected chi connectivity index (χ2v) is 24.8. The number of fused-ring (bicyclic) bond motifs is 7. The van der Waals surface area contributed by atoms with Gasteiger partial charge in [-0.1, -0.05) is 134 Å². The number of hydrogen-bond acceptors (Lipinski definition) is 2. The molecule has 0 fully saturated rings. The highest BCUT2D eigenvalue weighted by Gasteiger charge is 2.50. The molecule has 2 heterocycles. The van der Waals surface area contributed by atoms with E-state index in [-0.39, 0.29) is 44.6 Å². The van der Waals surface area contributed by atoms with E-state index < -0.39 is 6.85 Å². The number of aryl methyl sites for hydroxylation is 2. The summed E-state index contributed by atoms with van der Waals surface area (Å²) in [5, 5.41) is 0. The topological polar surface area (TPSA) is 6.48 Å². The Morgan fingerprint density at radius 2 is 0.967 bits per heavy atom. The first-order chi connectivity index (χ1) is 28.8. The van der Waals surface area contributed by atoms with Gasteiger partial charge in [-0.2, -0.15) is 0 Å². The maximum atomic E-state index is 9.10. The maximum Gasteiger partial charge on any atom is 0.252 e. The molecule has 0 aromatic heterocycles. The van der Waals surface area contributed by atoms with Crippen molar-refractivity contribution in [1.29, 1.82) is 0 Å². The first kappa shape index (κ1) is 36.4. The molecule has 5 aliphatic rings. The third-order valence-electron chi connectivity index (χ3n) is 15.9. The minimum Gasteiger partial charge on any atom is -0.311 e. The molecule has 5 aromatic rings. The summed E-state index contributed by atoms with van der Waals surface area (Å²) in [4.78, 5) is 4.95. The molecule has 0 radical (unpaired) electrons. The zero-order valence-electron chi connectivity index (χ0n) is 42.5. The quantitative estimate of drug-likeness (QED) is 0.161. The van der Waals surface area contributed by atoms with Crippen LogP contribution in [0.1, 0.15) is 177 Å². The Balaban J connectivity index is 1.36. The lowest BCUT2D eigenvalue weighted by molar-refractivity contribution is 0.402. The molecule has 0 atom stereocenters. The number of nitrogens with zero attached hydrogens (tertiary/aromatic N) is 2. The van der Waals surface area contributed by atoms with Crippen LogP contribution in [0, 0.1) is 13.8 Å².